The van der Waals surface area contributed by atoms with Crippen LogP contribution in [0.3, 0.4) is 0 Å². The molecule has 0 unspecified atom stereocenters. The third kappa shape index (κ3) is 3.25. The number of hydrogen-bond donors (Lipinski definition) is 0. The zero-order valence-electron chi connectivity index (χ0n) is 11.7. The van der Waals surface area contributed by atoms with Crippen LogP contribution in [-0.4, -0.2) is 30.6 Å². The van der Waals surface area contributed by atoms with Crippen molar-refractivity contribution in [1.82, 2.24) is 0 Å². The first kappa shape index (κ1) is 14.3. The summed E-state index contributed by atoms with van der Waals surface area (Å²) in [6, 6.07) is 0. The van der Waals surface area contributed by atoms with E-state index in [1.807, 2.05) is 6.26 Å². The highest BCUT2D eigenvalue weighted by molar-refractivity contribution is 8.36. The van der Waals surface area contributed by atoms with Gasteiger partial charge in [-0.3, -0.25) is 0 Å². The minimum atomic E-state index is -0.598. The fourth-order valence-electron chi connectivity index (χ4n) is 2.64. The van der Waals surface area contributed by atoms with Crippen molar-refractivity contribution in [1.29, 1.82) is 0 Å². The van der Waals surface area contributed by atoms with Gasteiger partial charge in [0.1, 0.15) is 24.9 Å². The Labute approximate surface area is 117 Å². The lowest BCUT2D eigenvalue weighted by Gasteiger charge is -2.39. The molecule has 1 nitrogen and oxygen atoms in total. The maximum absolute atomic E-state index is 5.42. The molecule has 2 aliphatic carbocycles. The first-order chi connectivity index (χ1) is 8.64. The maximum atomic E-state index is 5.42. The average Bonchev–Trinajstić information content (AvgIpc) is 3.01. The van der Waals surface area contributed by atoms with E-state index in [1.165, 1.54) is 19.3 Å². The van der Waals surface area contributed by atoms with Crippen LogP contribution in [0.1, 0.15) is 25.7 Å². The van der Waals surface area contributed by atoms with Gasteiger partial charge in [-0.2, -0.15) is 4.18 Å². The molecule has 0 saturated heterocycles. The lowest BCUT2D eigenvalue weighted by atomic mass is 10.2. The molecule has 102 valence electrons. The summed E-state index contributed by atoms with van der Waals surface area (Å²) in [4.78, 5) is 1.69. The Balaban J connectivity index is 1.85. The van der Waals surface area contributed by atoms with E-state index in [9.17, 15) is 0 Å². The Bertz CT molecular complexity index is 372. The molecule has 3 heteroatoms. The van der Waals surface area contributed by atoms with Gasteiger partial charge in [0.05, 0.1) is 0 Å². The zero-order chi connectivity index (χ0) is 13.0. The highest BCUT2D eigenvalue weighted by Crippen LogP contribution is 2.59. The van der Waals surface area contributed by atoms with Crippen molar-refractivity contribution in [2.75, 3.05) is 25.4 Å². The molecule has 0 spiro atoms. The predicted octanol–water partition coefficient (Wildman–Crippen LogP) is 3.75. The van der Waals surface area contributed by atoms with E-state index < -0.39 is 10.0 Å². The minimum Gasteiger partial charge on any atom is -0.220 e. The van der Waals surface area contributed by atoms with Gasteiger partial charge in [0.25, 0.3) is 0 Å². The van der Waals surface area contributed by atoms with Gasteiger partial charge in [-0.15, -0.1) is 0 Å². The monoisotopic (exact) mass is 285 g/mol. The van der Waals surface area contributed by atoms with Crippen LogP contribution in [0.4, 0.5) is 0 Å². The summed E-state index contributed by atoms with van der Waals surface area (Å²) < 4.78 is 5.42. The van der Waals surface area contributed by atoms with Crippen molar-refractivity contribution >= 4 is 22.1 Å². The van der Waals surface area contributed by atoms with Gasteiger partial charge in [-0.1, -0.05) is 29.9 Å². The Kier molecular flexibility index (Phi) is 5.05. The van der Waals surface area contributed by atoms with E-state index >= 15 is 0 Å². The molecular formula is C15H25OS2+. The van der Waals surface area contributed by atoms with Gasteiger partial charge in [0.2, 0.25) is 0 Å². The quantitative estimate of drug-likeness (QED) is 0.312. The van der Waals surface area contributed by atoms with Gasteiger partial charge in [0.15, 0.2) is 0 Å². The standard InChI is InChI=1S/C15H24OS2/c1-17-16-11-10-13-8-9-15(12-13)18(2,3)14-6-4-5-7-14/h4-5,8-9,14H,6-7,10-12H2,1-3H3/p+1. The van der Waals surface area contributed by atoms with Crippen molar-refractivity contribution in [3.05, 3.63) is 34.8 Å². The minimum absolute atomic E-state index is 0.598. The number of thiol groups is 1. The third-order valence-corrected chi connectivity index (χ3v) is 8.15. The first-order valence-electron chi connectivity index (χ1n) is 6.61. The smallest absolute Gasteiger partial charge is 0.129 e. The van der Waals surface area contributed by atoms with E-state index in [2.05, 4.69) is 36.8 Å². The molecule has 2 aliphatic rings. The Morgan fingerprint density at radius 2 is 2.00 bits per heavy atom. The van der Waals surface area contributed by atoms with Gasteiger partial charge >= 0.3 is 0 Å². The first-order valence-corrected chi connectivity index (χ1v) is 10.4. The molecule has 18 heavy (non-hydrogen) atoms. The van der Waals surface area contributed by atoms with Crippen molar-refractivity contribution in [2.45, 2.75) is 30.9 Å². The van der Waals surface area contributed by atoms with Crippen LogP contribution in [-0.2, 0) is 16.2 Å². The lowest BCUT2D eigenvalue weighted by Crippen LogP contribution is -2.14. The van der Waals surface area contributed by atoms with E-state index in [0.717, 1.165) is 30.3 Å². The molecule has 0 aromatic heterocycles. The normalized spacial score (nSPS) is 21.3. The van der Waals surface area contributed by atoms with Crippen molar-refractivity contribution < 1.29 is 4.18 Å². The molecule has 0 atom stereocenters. The number of rotatable bonds is 6. The Morgan fingerprint density at radius 1 is 1.28 bits per heavy atom. The van der Waals surface area contributed by atoms with Crippen molar-refractivity contribution in [3.63, 3.8) is 0 Å². The second-order valence-corrected chi connectivity index (χ2v) is 10.00. The largest absolute Gasteiger partial charge is 0.220 e. The van der Waals surface area contributed by atoms with Crippen LogP contribution in [0, 0.1) is 0 Å². The van der Waals surface area contributed by atoms with Crippen LogP contribution in [0.2, 0.25) is 0 Å². The molecule has 2 rings (SSSR count). The molecule has 0 heterocycles. The molecule has 0 amide bonds. The van der Waals surface area contributed by atoms with E-state index in [4.69, 9.17) is 4.18 Å². The van der Waals surface area contributed by atoms with Gasteiger partial charge < -0.3 is 0 Å². The summed E-state index contributed by atoms with van der Waals surface area (Å²) in [7, 11) is -0.598. The van der Waals surface area contributed by atoms with Crippen LogP contribution in [0.5, 0.6) is 0 Å². The fraction of sp³-hybridized carbons (Fsp3) is 0.600. The molecule has 0 bridgehead atoms. The zero-order valence-corrected chi connectivity index (χ0v) is 13.4. The van der Waals surface area contributed by atoms with Crippen molar-refractivity contribution in [3.8, 4) is 0 Å². The van der Waals surface area contributed by atoms with Crippen LogP contribution < -0.4 is 0 Å². The molecule has 0 aromatic rings. The molecule has 0 aromatic carbocycles. The van der Waals surface area contributed by atoms with Gasteiger partial charge in [-0.05, 0) is 48.3 Å². The topological polar surface area (TPSA) is 9.23 Å². The summed E-state index contributed by atoms with van der Waals surface area (Å²) >= 11 is 1.04. The van der Waals surface area contributed by atoms with E-state index in [-0.39, 0.29) is 0 Å². The molecule has 0 saturated carbocycles. The highest BCUT2D eigenvalue weighted by atomic mass is 32.3. The van der Waals surface area contributed by atoms with Crippen LogP contribution >= 0.6 is 10.0 Å². The number of hydrogen-bond acceptors (Lipinski definition) is 1. The second kappa shape index (κ2) is 6.36. The number of allylic oxidation sites excluding steroid dienone is 5. The maximum Gasteiger partial charge on any atom is 0.129 e. The Morgan fingerprint density at radius 3 is 2.67 bits per heavy atom. The molecular weight excluding hydrogens is 260 g/mol. The van der Waals surface area contributed by atoms with Crippen LogP contribution in [0.15, 0.2) is 34.8 Å². The summed E-state index contributed by atoms with van der Waals surface area (Å²) in [5, 5.41) is 0.877. The second-order valence-electron chi connectivity index (χ2n) is 5.37. The molecule has 0 aliphatic heterocycles. The molecule has 0 N–H and O–H groups in total. The molecule has 0 fully saturated rings. The predicted molar refractivity (Wildman–Crippen MR) is 87.6 cm³/mol. The highest BCUT2D eigenvalue weighted by Gasteiger charge is 2.30. The lowest BCUT2D eigenvalue weighted by molar-refractivity contribution is 0.376. The summed E-state index contributed by atoms with van der Waals surface area (Å²) in [5.41, 5.74) is 1.56. The van der Waals surface area contributed by atoms with Crippen molar-refractivity contribution in [2.24, 2.45) is 0 Å². The summed E-state index contributed by atoms with van der Waals surface area (Å²) in [6.45, 7) is 0.867. The van der Waals surface area contributed by atoms with E-state index in [0.29, 0.717) is 0 Å². The van der Waals surface area contributed by atoms with E-state index in [1.54, 1.807) is 10.5 Å². The van der Waals surface area contributed by atoms with Gasteiger partial charge in [0, 0.05) is 0 Å². The summed E-state index contributed by atoms with van der Waals surface area (Å²) in [5.74, 6) is 0. The SMILES string of the molecule is C[SH+]OCCC1=CC=C(S(C)(C)C2CC=CC2)C1. The third-order valence-electron chi connectivity index (χ3n) is 4.02. The average molecular weight is 285 g/mol. The van der Waals surface area contributed by atoms with Gasteiger partial charge in [-0.25, -0.2) is 10.0 Å². The Hall–Kier alpha value is -0.120. The summed E-state index contributed by atoms with van der Waals surface area (Å²) in [6.07, 6.45) is 21.3. The fourth-order valence-corrected chi connectivity index (χ4v) is 5.50. The molecule has 0 radical (unpaired) electrons. The van der Waals surface area contributed by atoms with Crippen LogP contribution in [0.25, 0.3) is 0 Å².